The molecule has 0 aliphatic rings. The second-order valence-corrected chi connectivity index (χ2v) is 6.40. The van der Waals surface area contributed by atoms with Gasteiger partial charge >= 0.3 is 6.09 Å². The minimum Gasteiger partial charge on any atom is -0.443 e. The van der Waals surface area contributed by atoms with Crippen LogP contribution in [0.5, 0.6) is 0 Å². The number of H-pyrrole nitrogens is 2. The normalized spacial score (nSPS) is 11.1. The molecule has 10 nitrogen and oxygen atoms in total. The van der Waals surface area contributed by atoms with Gasteiger partial charge in [0.25, 0.3) is 0 Å². The van der Waals surface area contributed by atoms with E-state index in [1.165, 1.54) is 0 Å². The maximum absolute atomic E-state index is 11.7. The molecule has 0 fully saturated rings. The van der Waals surface area contributed by atoms with Crippen LogP contribution < -0.4 is 16.0 Å². The second kappa shape index (κ2) is 8.15. The van der Waals surface area contributed by atoms with Crippen LogP contribution in [0.25, 0.3) is 33.5 Å². The van der Waals surface area contributed by atoms with E-state index in [4.69, 9.17) is 4.74 Å². The Balaban J connectivity index is 1.56. The summed E-state index contributed by atoms with van der Waals surface area (Å²) >= 11 is 0. The van der Waals surface area contributed by atoms with Crippen LogP contribution in [0.3, 0.4) is 0 Å². The second-order valence-electron chi connectivity index (χ2n) is 6.40. The highest BCUT2D eigenvalue weighted by molar-refractivity contribution is 6.06. The number of carbonyl (C=O) groups excluding carboxylic acids is 1. The number of nitrogens with one attached hydrogen (secondary N) is 5. The molecular formula is C19H22N8O2. The molecular weight excluding hydrogens is 372 g/mol. The SMILES string of the molecule is CNCCNC(=O)OCc1cccc(-c2cc3c(nc(NC)c4[nH]cnc43)[nH]2)n1. The van der Waals surface area contributed by atoms with Gasteiger partial charge in [-0.15, -0.1) is 0 Å². The summed E-state index contributed by atoms with van der Waals surface area (Å²) in [6.07, 6.45) is 1.18. The summed E-state index contributed by atoms with van der Waals surface area (Å²) in [4.78, 5) is 31.7. The maximum atomic E-state index is 11.7. The van der Waals surface area contributed by atoms with Crippen molar-refractivity contribution >= 4 is 34.0 Å². The number of hydrogen-bond acceptors (Lipinski definition) is 7. The van der Waals surface area contributed by atoms with E-state index in [-0.39, 0.29) is 6.61 Å². The van der Waals surface area contributed by atoms with Gasteiger partial charge in [0.05, 0.1) is 23.4 Å². The molecule has 4 heterocycles. The van der Waals surface area contributed by atoms with Gasteiger partial charge in [0.2, 0.25) is 0 Å². The molecule has 0 bridgehead atoms. The van der Waals surface area contributed by atoms with Crippen molar-refractivity contribution in [1.29, 1.82) is 0 Å². The molecule has 0 aromatic carbocycles. The number of ether oxygens (including phenoxy) is 1. The Labute approximate surface area is 166 Å². The average Bonchev–Trinajstić information content (AvgIpc) is 3.39. The molecule has 5 N–H and O–H groups in total. The smallest absolute Gasteiger partial charge is 0.407 e. The minimum absolute atomic E-state index is 0.0885. The Morgan fingerprint density at radius 1 is 1.21 bits per heavy atom. The molecule has 1 amide bonds. The number of aromatic amines is 2. The lowest BCUT2D eigenvalue weighted by molar-refractivity contribution is 0.138. The van der Waals surface area contributed by atoms with E-state index in [2.05, 4.69) is 40.9 Å². The van der Waals surface area contributed by atoms with Gasteiger partial charge in [0.1, 0.15) is 23.3 Å². The predicted octanol–water partition coefficient (Wildman–Crippen LogP) is 1.99. The third kappa shape index (κ3) is 3.83. The zero-order valence-electron chi connectivity index (χ0n) is 16.2. The standard InChI is InChI=1S/C19H22N8O2/c1-20-6-7-22-19(28)29-9-11-4-3-5-13(25-11)14-8-12-15-16(24-10-23-15)18(21-2)27-17(12)26-14/h3-5,8,10,20H,6-7,9H2,1-2H3,(H,22,28)(H,23,24)(H2,21,26,27). The molecule has 0 saturated heterocycles. The summed E-state index contributed by atoms with van der Waals surface area (Å²) in [5.41, 5.74) is 4.60. The zero-order valence-corrected chi connectivity index (χ0v) is 16.2. The fraction of sp³-hybridized carbons (Fsp3) is 0.263. The Kier molecular flexibility index (Phi) is 5.25. The Morgan fingerprint density at radius 2 is 2.10 bits per heavy atom. The molecule has 0 aliphatic carbocycles. The number of hydrogen-bond donors (Lipinski definition) is 5. The third-order valence-electron chi connectivity index (χ3n) is 4.47. The third-order valence-corrected chi connectivity index (χ3v) is 4.47. The number of rotatable bonds is 7. The van der Waals surface area contributed by atoms with Crippen LogP contribution in [0, 0.1) is 0 Å². The van der Waals surface area contributed by atoms with Gasteiger partial charge in [-0.05, 0) is 25.2 Å². The van der Waals surface area contributed by atoms with Crippen molar-refractivity contribution in [3.05, 3.63) is 36.3 Å². The molecule has 150 valence electrons. The molecule has 4 rings (SSSR count). The van der Waals surface area contributed by atoms with E-state index in [9.17, 15) is 4.79 Å². The lowest BCUT2D eigenvalue weighted by Crippen LogP contribution is -2.30. The van der Waals surface area contributed by atoms with Gasteiger partial charge in [0.15, 0.2) is 5.82 Å². The van der Waals surface area contributed by atoms with Crippen molar-refractivity contribution in [2.24, 2.45) is 0 Å². The summed E-state index contributed by atoms with van der Waals surface area (Å²) in [5.74, 6) is 0.720. The summed E-state index contributed by atoms with van der Waals surface area (Å²) < 4.78 is 5.22. The molecule has 0 saturated carbocycles. The molecule has 0 spiro atoms. The number of imidazole rings is 1. The quantitative estimate of drug-likeness (QED) is 0.303. The molecule has 0 unspecified atom stereocenters. The summed E-state index contributed by atoms with van der Waals surface area (Å²) in [7, 11) is 3.64. The Morgan fingerprint density at radius 3 is 2.93 bits per heavy atom. The summed E-state index contributed by atoms with van der Waals surface area (Å²) in [5, 5.41) is 9.59. The van der Waals surface area contributed by atoms with Crippen LogP contribution >= 0.6 is 0 Å². The van der Waals surface area contributed by atoms with Crippen molar-refractivity contribution in [2.75, 3.05) is 32.5 Å². The van der Waals surface area contributed by atoms with Crippen molar-refractivity contribution in [2.45, 2.75) is 6.61 Å². The first-order valence-corrected chi connectivity index (χ1v) is 9.24. The van der Waals surface area contributed by atoms with Crippen molar-refractivity contribution in [3.63, 3.8) is 0 Å². The number of aromatic nitrogens is 5. The van der Waals surface area contributed by atoms with Crippen LogP contribution in [0.2, 0.25) is 0 Å². The van der Waals surface area contributed by atoms with Gasteiger partial charge in [-0.25, -0.2) is 19.7 Å². The predicted molar refractivity (Wildman–Crippen MR) is 111 cm³/mol. The summed E-state index contributed by atoms with van der Waals surface area (Å²) in [6, 6.07) is 7.56. The highest BCUT2D eigenvalue weighted by Crippen LogP contribution is 2.29. The van der Waals surface area contributed by atoms with Crippen LogP contribution in [-0.2, 0) is 11.3 Å². The van der Waals surface area contributed by atoms with E-state index >= 15 is 0 Å². The highest BCUT2D eigenvalue weighted by Gasteiger charge is 2.14. The number of pyridine rings is 2. The van der Waals surface area contributed by atoms with Gasteiger partial charge in [-0.2, -0.15) is 0 Å². The Bertz CT molecular complexity index is 1150. The fourth-order valence-corrected chi connectivity index (χ4v) is 3.07. The molecule has 0 atom stereocenters. The minimum atomic E-state index is -0.470. The molecule has 0 aliphatic heterocycles. The first kappa shape index (κ1) is 18.7. The van der Waals surface area contributed by atoms with E-state index in [1.807, 2.05) is 38.4 Å². The number of carbonyl (C=O) groups is 1. The first-order chi connectivity index (χ1) is 14.2. The molecule has 4 aromatic rings. The monoisotopic (exact) mass is 394 g/mol. The number of amides is 1. The molecule has 29 heavy (non-hydrogen) atoms. The number of nitrogens with zero attached hydrogens (tertiary/aromatic N) is 3. The number of anilines is 1. The number of likely N-dealkylation sites (N-methyl/N-ethyl adjacent to an activating group) is 1. The van der Waals surface area contributed by atoms with Crippen LogP contribution in [0.4, 0.5) is 10.6 Å². The zero-order chi connectivity index (χ0) is 20.2. The van der Waals surface area contributed by atoms with Gasteiger partial charge in [-0.3, -0.25) is 0 Å². The van der Waals surface area contributed by atoms with Crippen molar-refractivity contribution < 1.29 is 9.53 Å². The lowest BCUT2D eigenvalue weighted by Gasteiger charge is -2.07. The topological polar surface area (TPSA) is 133 Å². The molecule has 10 heteroatoms. The van der Waals surface area contributed by atoms with E-state index in [0.29, 0.717) is 18.8 Å². The van der Waals surface area contributed by atoms with E-state index in [1.54, 1.807) is 6.33 Å². The van der Waals surface area contributed by atoms with Crippen molar-refractivity contribution in [3.8, 4) is 11.4 Å². The molecule has 4 aromatic heterocycles. The highest BCUT2D eigenvalue weighted by atomic mass is 16.5. The summed E-state index contributed by atoms with van der Waals surface area (Å²) in [6.45, 7) is 1.27. The lowest BCUT2D eigenvalue weighted by atomic mass is 10.2. The number of fused-ring (bicyclic) bond motifs is 3. The van der Waals surface area contributed by atoms with Gasteiger partial charge < -0.3 is 30.7 Å². The van der Waals surface area contributed by atoms with Crippen LogP contribution in [-0.4, -0.2) is 58.2 Å². The largest absolute Gasteiger partial charge is 0.443 e. The maximum Gasteiger partial charge on any atom is 0.407 e. The van der Waals surface area contributed by atoms with Crippen LogP contribution in [0.1, 0.15) is 5.69 Å². The van der Waals surface area contributed by atoms with Gasteiger partial charge in [0, 0.05) is 25.5 Å². The Hall–Kier alpha value is -3.66. The molecule has 0 radical (unpaired) electrons. The van der Waals surface area contributed by atoms with Crippen LogP contribution in [0.15, 0.2) is 30.6 Å². The first-order valence-electron chi connectivity index (χ1n) is 9.24. The van der Waals surface area contributed by atoms with Gasteiger partial charge in [-0.1, -0.05) is 6.07 Å². The van der Waals surface area contributed by atoms with Crippen molar-refractivity contribution in [1.82, 2.24) is 35.6 Å². The number of alkyl carbamates (subject to hydrolysis) is 1. The van der Waals surface area contributed by atoms with E-state index < -0.39 is 6.09 Å². The van der Waals surface area contributed by atoms with E-state index in [0.717, 1.165) is 39.3 Å². The fourth-order valence-electron chi connectivity index (χ4n) is 3.07. The average molecular weight is 394 g/mol.